The lowest BCUT2D eigenvalue weighted by Gasteiger charge is -2.06. The fraction of sp³-hybridized carbons (Fsp3) is 0.667. The number of hydrogen-bond donors (Lipinski definition) is 2. The number of hydrogen-bond acceptors (Lipinski definition) is 4. The lowest BCUT2D eigenvalue weighted by molar-refractivity contribution is -0.149. The molecule has 0 heterocycles. The zero-order chi connectivity index (χ0) is 8.85. The minimum absolute atomic E-state index is 0. The molecule has 0 unspecified atom stereocenters. The topological polar surface area (TPSA) is 89.6 Å². The van der Waals surface area contributed by atoms with Gasteiger partial charge in [-0.05, 0) is 6.92 Å². The van der Waals surface area contributed by atoms with Gasteiger partial charge in [0.2, 0.25) is 0 Å². The van der Waals surface area contributed by atoms with E-state index in [4.69, 9.17) is 10.8 Å². The van der Waals surface area contributed by atoms with Gasteiger partial charge in [-0.15, -0.1) is 12.4 Å². The first-order valence-corrected chi connectivity index (χ1v) is 3.22. The summed E-state index contributed by atoms with van der Waals surface area (Å²) in [4.78, 5) is 20.7. The van der Waals surface area contributed by atoms with Gasteiger partial charge in [-0.1, -0.05) is 0 Å². The number of carbonyl (C=O) groups is 2. The minimum Gasteiger partial charge on any atom is -0.481 e. The van der Waals surface area contributed by atoms with Crippen molar-refractivity contribution in [3.05, 3.63) is 0 Å². The van der Waals surface area contributed by atoms with Crippen LogP contribution in [0.4, 0.5) is 0 Å². The fourth-order valence-electron chi connectivity index (χ4n) is 0.521. The molecule has 0 aliphatic rings. The van der Waals surface area contributed by atoms with Gasteiger partial charge in [0, 0.05) is 0 Å². The molecule has 3 N–H and O–H groups in total. The Morgan fingerprint density at radius 3 is 2.42 bits per heavy atom. The Morgan fingerprint density at radius 1 is 1.58 bits per heavy atom. The number of carboxylic acid groups (broad SMARTS) is 1. The van der Waals surface area contributed by atoms with Gasteiger partial charge < -0.3 is 15.6 Å². The summed E-state index contributed by atoms with van der Waals surface area (Å²) in [5.74, 6) is -1.78. The van der Waals surface area contributed by atoms with Gasteiger partial charge in [-0.25, -0.2) is 0 Å². The van der Waals surface area contributed by atoms with Crippen LogP contribution in [-0.2, 0) is 14.3 Å². The highest BCUT2D eigenvalue weighted by atomic mass is 35.5. The normalized spacial score (nSPS) is 11.2. The summed E-state index contributed by atoms with van der Waals surface area (Å²) >= 11 is 0. The van der Waals surface area contributed by atoms with E-state index >= 15 is 0 Å². The maximum atomic E-state index is 10.7. The lowest BCUT2D eigenvalue weighted by Crippen LogP contribution is -2.34. The van der Waals surface area contributed by atoms with E-state index in [0.717, 1.165) is 0 Å². The molecule has 1 atom stereocenters. The van der Waals surface area contributed by atoms with E-state index in [2.05, 4.69) is 4.74 Å². The fourth-order valence-corrected chi connectivity index (χ4v) is 0.521. The van der Waals surface area contributed by atoms with Crippen molar-refractivity contribution in [1.29, 1.82) is 0 Å². The first-order chi connectivity index (χ1) is 5.07. The van der Waals surface area contributed by atoms with Gasteiger partial charge in [0.25, 0.3) is 0 Å². The third kappa shape index (κ3) is 5.94. The zero-order valence-electron chi connectivity index (χ0n) is 6.65. The molecule has 0 amide bonds. The van der Waals surface area contributed by atoms with Crippen LogP contribution >= 0.6 is 12.4 Å². The van der Waals surface area contributed by atoms with Crippen molar-refractivity contribution in [2.24, 2.45) is 5.73 Å². The van der Waals surface area contributed by atoms with Crippen molar-refractivity contribution in [3.8, 4) is 0 Å². The van der Waals surface area contributed by atoms with Crippen molar-refractivity contribution in [2.75, 3.05) is 6.61 Å². The van der Waals surface area contributed by atoms with Gasteiger partial charge in [0.05, 0.1) is 13.0 Å². The van der Waals surface area contributed by atoms with Gasteiger partial charge in [-0.2, -0.15) is 0 Å². The summed E-state index contributed by atoms with van der Waals surface area (Å²) in [6.45, 7) is 1.84. The zero-order valence-corrected chi connectivity index (χ0v) is 7.47. The molecular weight excluding hydrogens is 186 g/mol. The highest BCUT2D eigenvalue weighted by Crippen LogP contribution is 1.91. The molecule has 0 saturated heterocycles. The number of halogens is 1. The highest BCUT2D eigenvalue weighted by Gasteiger charge is 2.17. The SMILES string of the molecule is CCOC(=O)[C@@H](N)CC(=O)O.Cl. The van der Waals surface area contributed by atoms with Crippen LogP contribution in [0.5, 0.6) is 0 Å². The Morgan fingerprint density at radius 2 is 2.08 bits per heavy atom. The molecule has 0 radical (unpaired) electrons. The van der Waals surface area contributed by atoms with Crippen LogP contribution in [0.25, 0.3) is 0 Å². The summed E-state index contributed by atoms with van der Waals surface area (Å²) in [5.41, 5.74) is 5.15. The van der Waals surface area contributed by atoms with E-state index in [-0.39, 0.29) is 19.0 Å². The summed E-state index contributed by atoms with van der Waals surface area (Å²) < 4.78 is 4.48. The predicted molar refractivity (Wildman–Crippen MR) is 44.1 cm³/mol. The van der Waals surface area contributed by atoms with Gasteiger partial charge >= 0.3 is 11.9 Å². The van der Waals surface area contributed by atoms with Crippen molar-refractivity contribution in [3.63, 3.8) is 0 Å². The lowest BCUT2D eigenvalue weighted by atomic mass is 10.2. The third-order valence-electron chi connectivity index (χ3n) is 0.984. The molecular formula is C6H12ClNO4. The molecule has 0 saturated carbocycles. The van der Waals surface area contributed by atoms with Gasteiger partial charge in [0.15, 0.2) is 0 Å². The first-order valence-electron chi connectivity index (χ1n) is 3.22. The predicted octanol–water partition coefficient (Wildman–Crippen LogP) is -0.227. The summed E-state index contributed by atoms with van der Waals surface area (Å²) in [6, 6.07) is -1.05. The maximum Gasteiger partial charge on any atom is 0.323 e. The summed E-state index contributed by atoms with van der Waals surface area (Å²) in [5, 5.41) is 8.21. The van der Waals surface area contributed by atoms with Gasteiger partial charge in [0.1, 0.15) is 6.04 Å². The molecule has 0 aliphatic heterocycles. The molecule has 0 aromatic rings. The Hall–Kier alpha value is -0.810. The van der Waals surface area contributed by atoms with E-state index in [1.807, 2.05) is 0 Å². The smallest absolute Gasteiger partial charge is 0.323 e. The van der Waals surface area contributed by atoms with Crippen LogP contribution in [0.15, 0.2) is 0 Å². The number of rotatable bonds is 4. The highest BCUT2D eigenvalue weighted by molar-refractivity contribution is 5.85. The Balaban J connectivity index is 0. The van der Waals surface area contributed by atoms with Crippen molar-refractivity contribution < 1.29 is 19.4 Å². The number of carbonyl (C=O) groups excluding carboxylic acids is 1. The average Bonchev–Trinajstić information content (AvgIpc) is 1.86. The molecule has 6 heteroatoms. The number of esters is 1. The van der Waals surface area contributed by atoms with Crippen LogP contribution in [0, 0.1) is 0 Å². The summed E-state index contributed by atoms with van der Waals surface area (Å²) in [6.07, 6.45) is -0.390. The van der Waals surface area contributed by atoms with Crippen molar-refractivity contribution >= 4 is 24.3 Å². The molecule has 0 aliphatic carbocycles. The van der Waals surface area contributed by atoms with E-state index < -0.39 is 24.4 Å². The van der Waals surface area contributed by atoms with E-state index in [1.54, 1.807) is 6.92 Å². The molecule has 0 aromatic carbocycles. The second kappa shape index (κ2) is 6.87. The monoisotopic (exact) mass is 197 g/mol. The Kier molecular flexibility index (Phi) is 7.88. The Bertz CT molecular complexity index is 162. The Labute approximate surface area is 76.3 Å². The molecule has 72 valence electrons. The molecule has 12 heavy (non-hydrogen) atoms. The number of aliphatic carboxylic acids is 1. The van der Waals surface area contributed by atoms with E-state index in [1.165, 1.54) is 0 Å². The van der Waals surface area contributed by atoms with E-state index in [0.29, 0.717) is 0 Å². The van der Waals surface area contributed by atoms with Crippen LogP contribution < -0.4 is 5.73 Å². The number of ether oxygens (including phenoxy) is 1. The quantitative estimate of drug-likeness (QED) is 0.608. The molecule has 0 aromatic heterocycles. The maximum absolute atomic E-state index is 10.7. The van der Waals surface area contributed by atoms with Gasteiger partial charge in [-0.3, -0.25) is 9.59 Å². The average molecular weight is 198 g/mol. The summed E-state index contributed by atoms with van der Waals surface area (Å²) in [7, 11) is 0. The van der Waals surface area contributed by atoms with Crippen molar-refractivity contribution in [1.82, 2.24) is 0 Å². The van der Waals surface area contributed by atoms with Crippen LogP contribution in [0.2, 0.25) is 0 Å². The molecule has 0 fully saturated rings. The largest absolute Gasteiger partial charge is 0.481 e. The van der Waals surface area contributed by atoms with Crippen LogP contribution in [0.3, 0.4) is 0 Å². The van der Waals surface area contributed by atoms with Crippen LogP contribution in [0.1, 0.15) is 13.3 Å². The minimum atomic E-state index is -1.11. The van der Waals surface area contributed by atoms with E-state index in [9.17, 15) is 9.59 Å². The standard InChI is InChI=1S/C6H11NO4.ClH/c1-2-11-6(10)4(7)3-5(8)9;/h4H,2-3,7H2,1H3,(H,8,9);1H/t4-;/m0./s1. The molecule has 0 bridgehead atoms. The third-order valence-corrected chi connectivity index (χ3v) is 0.984. The molecule has 5 nitrogen and oxygen atoms in total. The second-order valence-corrected chi connectivity index (χ2v) is 1.96. The van der Waals surface area contributed by atoms with Crippen LogP contribution in [-0.4, -0.2) is 29.7 Å². The molecule has 0 spiro atoms. The second-order valence-electron chi connectivity index (χ2n) is 1.96. The molecule has 0 rings (SSSR count). The number of nitrogens with two attached hydrogens (primary N) is 1. The number of carboxylic acids is 1. The van der Waals surface area contributed by atoms with Crippen molar-refractivity contribution in [2.45, 2.75) is 19.4 Å². The first kappa shape index (κ1) is 13.8.